The summed E-state index contributed by atoms with van der Waals surface area (Å²) in [4.78, 5) is 2.53. The normalized spacial score (nSPS) is 17.7. The van der Waals surface area contributed by atoms with Crippen LogP contribution in [-0.2, 0) is 0 Å². The third kappa shape index (κ3) is 2.83. The van der Waals surface area contributed by atoms with E-state index in [-0.39, 0.29) is 0 Å². The molecule has 88 valence electrons. The first-order valence-electron chi connectivity index (χ1n) is 6.30. The van der Waals surface area contributed by atoms with Crippen molar-refractivity contribution in [2.45, 2.75) is 31.8 Å². The van der Waals surface area contributed by atoms with Gasteiger partial charge in [0.2, 0.25) is 0 Å². The number of hydrogen-bond donors (Lipinski definition) is 1. The zero-order chi connectivity index (χ0) is 11.4. The number of likely N-dealkylation sites (N-methyl/N-ethyl adjacent to an activating group) is 2. The Morgan fingerprint density at radius 2 is 2.00 bits per heavy atom. The van der Waals surface area contributed by atoms with Crippen molar-refractivity contribution >= 4 is 0 Å². The minimum Gasteiger partial charge on any atom is -0.315 e. The third-order valence-corrected chi connectivity index (χ3v) is 3.39. The fourth-order valence-electron chi connectivity index (χ4n) is 2.19. The van der Waals surface area contributed by atoms with Crippen LogP contribution in [0.25, 0.3) is 0 Å². The highest BCUT2D eigenvalue weighted by Gasteiger charge is 2.31. The second-order valence-corrected chi connectivity index (χ2v) is 4.63. The lowest BCUT2D eigenvalue weighted by atomic mass is 10.1. The van der Waals surface area contributed by atoms with Crippen LogP contribution in [0.2, 0.25) is 0 Å². The van der Waals surface area contributed by atoms with E-state index >= 15 is 0 Å². The summed E-state index contributed by atoms with van der Waals surface area (Å²) in [6.07, 6.45) is 2.73. The molecule has 2 nitrogen and oxygen atoms in total. The van der Waals surface area contributed by atoms with Crippen molar-refractivity contribution in [2.75, 3.05) is 20.1 Å². The number of rotatable bonds is 6. The van der Waals surface area contributed by atoms with E-state index in [4.69, 9.17) is 0 Å². The summed E-state index contributed by atoms with van der Waals surface area (Å²) in [5.41, 5.74) is 1.43. The monoisotopic (exact) mass is 218 g/mol. The lowest BCUT2D eigenvalue weighted by Crippen LogP contribution is -2.34. The van der Waals surface area contributed by atoms with Crippen molar-refractivity contribution in [3.63, 3.8) is 0 Å². The Balaban J connectivity index is 2.07. The molecule has 16 heavy (non-hydrogen) atoms. The molecule has 0 aromatic heterocycles. The second kappa shape index (κ2) is 5.46. The molecule has 0 spiro atoms. The van der Waals surface area contributed by atoms with Crippen molar-refractivity contribution in [3.05, 3.63) is 35.9 Å². The molecule has 1 atom stereocenters. The Labute approximate surface area is 98.7 Å². The SMILES string of the molecule is CCNCC(c1ccccc1)N(C)C1CC1. The third-order valence-electron chi connectivity index (χ3n) is 3.39. The Morgan fingerprint density at radius 3 is 2.56 bits per heavy atom. The predicted octanol–water partition coefficient (Wildman–Crippen LogP) is 2.43. The topological polar surface area (TPSA) is 15.3 Å². The highest BCUT2D eigenvalue weighted by Crippen LogP contribution is 2.32. The van der Waals surface area contributed by atoms with Crippen LogP contribution in [0.1, 0.15) is 31.4 Å². The molecule has 1 fully saturated rings. The van der Waals surface area contributed by atoms with Gasteiger partial charge < -0.3 is 5.32 Å². The van der Waals surface area contributed by atoms with Crippen molar-refractivity contribution in [1.29, 1.82) is 0 Å². The maximum Gasteiger partial charge on any atom is 0.0472 e. The molecule has 0 amide bonds. The largest absolute Gasteiger partial charge is 0.315 e. The predicted molar refractivity (Wildman–Crippen MR) is 68.5 cm³/mol. The van der Waals surface area contributed by atoms with E-state index in [2.05, 4.69) is 54.5 Å². The number of hydrogen-bond acceptors (Lipinski definition) is 2. The summed E-state index contributed by atoms with van der Waals surface area (Å²) < 4.78 is 0. The minimum atomic E-state index is 0.522. The van der Waals surface area contributed by atoms with Gasteiger partial charge in [-0.05, 0) is 32.0 Å². The van der Waals surface area contributed by atoms with E-state index in [1.54, 1.807) is 0 Å². The van der Waals surface area contributed by atoms with Gasteiger partial charge in [-0.25, -0.2) is 0 Å². The molecule has 0 saturated heterocycles. The van der Waals surface area contributed by atoms with Crippen LogP contribution in [0, 0.1) is 0 Å². The molecule has 1 saturated carbocycles. The zero-order valence-electron chi connectivity index (χ0n) is 10.3. The van der Waals surface area contributed by atoms with Gasteiger partial charge in [-0.1, -0.05) is 37.3 Å². The smallest absolute Gasteiger partial charge is 0.0472 e. The molecule has 0 radical (unpaired) electrons. The summed E-state index contributed by atoms with van der Waals surface area (Å²) in [5, 5.41) is 3.47. The molecule has 2 heteroatoms. The van der Waals surface area contributed by atoms with Crippen LogP contribution in [0.3, 0.4) is 0 Å². The molecule has 0 heterocycles. The van der Waals surface area contributed by atoms with E-state index in [1.807, 2.05) is 0 Å². The highest BCUT2D eigenvalue weighted by molar-refractivity contribution is 5.20. The zero-order valence-corrected chi connectivity index (χ0v) is 10.3. The molecule has 2 rings (SSSR count). The maximum atomic E-state index is 3.47. The molecular formula is C14H22N2. The average molecular weight is 218 g/mol. The molecular weight excluding hydrogens is 196 g/mol. The molecule has 1 aliphatic rings. The number of nitrogens with one attached hydrogen (secondary N) is 1. The van der Waals surface area contributed by atoms with E-state index in [1.165, 1.54) is 18.4 Å². The van der Waals surface area contributed by atoms with E-state index < -0.39 is 0 Å². The summed E-state index contributed by atoms with van der Waals surface area (Å²) >= 11 is 0. The van der Waals surface area contributed by atoms with Gasteiger partial charge in [0.05, 0.1) is 0 Å². The summed E-state index contributed by atoms with van der Waals surface area (Å²) in [5.74, 6) is 0. The van der Waals surface area contributed by atoms with Gasteiger partial charge >= 0.3 is 0 Å². The van der Waals surface area contributed by atoms with Gasteiger partial charge in [0, 0.05) is 18.6 Å². The molecule has 0 bridgehead atoms. The van der Waals surface area contributed by atoms with Gasteiger partial charge in [0.25, 0.3) is 0 Å². The van der Waals surface area contributed by atoms with Crippen LogP contribution in [0.4, 0.5) is 0 Å². The molecule has 1 aliphatic carbocycles. The van der Waals surface area contributed by atoms with Gasteiger partial charge in [-0.2, -0.15) is 0 Å². The van der Waals surface area contributed by atoms with Crippen molar-refractivity contribution < 1.29 is 0 Å². The standard InChI is InChI=1S/C14H22N2/c1-3-15-11-14(16(2)13-9-10-13)12-7-5-4-6-8-12/h4-8,13-15H,3,9-11H2,1-2H3. The Hall–Kier alpha value is -0.860. The number of benzene rings is 1. The van der Waals surface area contributed by atoms with Gasteiger partial charge in [0.1, 0.15) is 0 Å². The van der Waals surface area contributed by atoms with Crippen LogP contribution in [0.5, 0.6) is 0 Å². The Bertz CT molecular complexity index is 306. The van der Waals surface area contributed by atoms with Crippen LogP contribution >= 0.6 is 0 Å². The van der Waals surface area contributed by atoms with Crippen LogP contribution in [-0.4, -0.2) is 31.1 Å². The first-order chi connectivity index (χ1) is 7.83. The Kier molecular flexibility index (Phi) is 3.97. The van der Waals surface area contributed by atoms with Crippen molar-refractivity contribution in [1.82, 2.24) is 10.2 Å². The molecule has 1 aromatic rings. The molecule has 1 N–H and O–H groups in total. The minimum absolute atomic E-state index is 0.522. The molecule has 1 unspecified atom stereocenters. The molecule has 0 aliphatic heterocycles. The van der Waals surface area contributed by atoms with Crippen molar-refractivity contribution in [3.8, 4) is 0 Å². The summed E-state index contributed by atoms with van der Waals surface area (Å²) in [6.45, 7) is 4.26. The lowest BCUT2D eigenvalue weighted by molar-refractivity contribution is 0.229. The Morgan fingerprint density at radius 1 is 1.31 bits per heavy atom. The van der Waals surface area contributed by atoms with Gasteiger partial charge in [-0.15, -0.1) is 0 Å². The van der Waals surface area contributed by atoms with Gasteiger partial charge in [-0.3, -0.25) is 4.90 Å². The second-order valence-electron chi connectivity index (χ2n) is 4.63. The van der Waals surface area contributed by atoms with Crippen LogP contribution < -0.4 is 5.32 Å². The summed E-state index contributed by atoms with van der Waals surface area (Å²) in [7, 11) is 2.26. The van der Waals surface area contributed by atoms with E-state index in [0.717, 1.165) is 19.1 Å². The first-order valence-corrected chi connectivity index (χ1v) is 6.30. The highest BCUT2D eigenvalue weighted by atomic mass is 15.2. The lowest BCUT2D eigenvalue weighted by Gasteiger charge is -2.28. The number of nitrogens with zero attached hydrogens (tertiary/aromatic N) is 1. The quantitative estimate of drug-likeness (QED) is 0.789. The van der Waals surface area contributed by atoms with E-state index in [9.17, 15) is 0 Å². The molecule has 1 aromatic carbocycles. The average Bonchev–Trinajstić information content (AvgIpc) is 3.14. The summed E-state index contributed by atoms with van der Waals surface area (Å²) in [6, 6.07) is 12.2. The van der Waals surface area contributed by atoms with Gasteiger partial charge in [0.15, 0.2) is 0 Å². The van der Waals surface area contributed by atoms with E-state index in [0.29, 0.717) is 6.04 Å². The first kappa shape index (κ1) is 11.6. The fourth-order valence-corrected chi connectivity index (χ4v) is 2.19. The fraction of sp³-hybridized carbons (Fsp3) is 0.571. The van der Waals surface area contributed by atoms with Crippen molar-refractivity contribution in [2.24, 2.45) is 0 Å². The maximum absolute atomic E-state index is 3.47. The van der Waals surface area contributed by atoms with Crippen LogP contribution in [0.15, 0.2) is 30.3 Å².